The highest BCUT2D eigenvalue weighted by atomic mass is 35.5. The van der Waals surface area contributed by atoms with E-state index in [0.717, 1.165) is 32.4 Å². The molecule has 1 atom stereocenters. The van der Waals surface area contributed by atoms with Gasteiger partial charge in [-0.2, -0.15) is 0 Å². The summed E-state index contributed by atoms with van der Waals surface area (Å²) >= 11 is 0. The summed E-state index contributed by atoms with van der Waals surface area (Å²) in [6.45, 7) is 3.66. The van der Waals surface area contributed by atoms with E-state index >= 15 is 0 Å². The number of carbonyl (C=O) groups excluding carboxylic acids is 2. The van der Waals surface area contributed by atoms with Gasteiger partial charge < -0.3 is 16.0 Å². The average molecular weight is 326 g/mol. The van der Waals surface area contributed by atoms with Crippen molar-refractivity contribution in [2.24, 2.45) is 5.73 Å². The van der Waals surface area contributed by atoms with Crippen LogP contribution in [0.1, 0.15) is 43.0 Å². The van der Waals surface area contributed by atoms with E-state index in [9.17, 15) is 9.59 Å². The minimum absolute atomic E-state index is 0. The molecule has 1 heterocycles. The molecule has 1 unspecified atom stereocenters. The number of carbonyl (C=O) groups is 2. The standard InChI is InChI=1S/C16H23N3O2.ClH/c1-2-5-14(17)15(20)18-13-8-6-12(7-9-13)16(21)19-10-3-4-11-19;/h6-9,14H,2-5,10-11,17H2,1H3,(H,18,20);1H. The Hall–Kier alpha value is -1.59. The van der Waals surface area contributed by atoms with E-state index in [0.29, 0.717) is 17.7 Å². The molecule has 1 aromatic rings. The maximum absolute atomic E-state index is 12.2. The van der Waals surface area contributed by atoms with E-state index < -0.39 is 6.04 Å². The van der Waals surface area contributed by atoms with Gasteiger partial charge in [0.15, 0.2) is 0 Å². The van der Waals surface area contributed by atoms with Crippen LogP contribution in [0.3, 0.4) is 0 Å². The molecule has 1 fully saturated rings. The van der Waals surface area contributed by atoms with E-state index in [4.69, 9.17) is 5.73 Å². The molecule has 3 N–H and O–H groups in total. The monoisotopic (exact) mass is 325 g/mol. The van der Waals surface area contributed by atoms with Crippen LogP contribution in [0.25, 0.3) is 0 Å². The lowest BCUT2D eigenvalue weighted by Crippen LogP contribution is -2.35. The van der Waals surface area contributed by atoms with Crippen LogP contribution in [0.4, 0.5) is 5.69 Å². The Morgan fingerprint density at radius 3 is 2.36 bits per heavy atom. The third-order valence-corrected chi connectivity index (χ3v) is 3.73. The lowest BCUT2D eigenvalue weighted by atomic mass is 10.1. The Balaban J connectivity index is 0.00000242. The fourth-order valence-corrected chi connectivity index (χ4v) is 2.48. The molecular formula is C16H24ClN3O2. The number of nitrogens with zero attached hydrogens (tertiary/aromatic N) is 1. The van der Waals surface area contributed by atoms with Crippen molar-refractivity contribution in [3.63, 3.8) is 0 Å². The number of nitrogens with two attached hydrogens (primary N) is 1. The van der Waals surface area contributed by atoms with Gasteiger partial charge in [-0.1, -0.05) is 13.3 Å². The number of halogens is 1. The molecule has 0 aromatic heterocycles. The van der Waals surface area contributed by atoms with Crippen molar-refractivity contribution in [2.45, 2.75) is 38.6 Å². The van der Waals surface area contributed by atoms with Crippen molar-refractivity contribution in [2.75, 3.05) is 18.4 Å². The lowest BCUT2D eigenvalue weighted by Gasteiger charge is -2.15. The van der Waals surface area contributed by atoms with E-state index in [1.165, 1.54) is 0 Å². The Morgan fingerprint density at radius 1 is 1.23 bits per heavy atom. The van der Waals surface area contributed by atoms with Gasteiger partial charge in [0.2, 0.25) is 5.91 Å². The van der Waals surface area contributed by atoms with Crippen LogP contribution < -0.4 is 11.1 Å². The number of likely N-dealkylation sites (tertiary alicyclic amines) is 1. The smallest absolute Gasteiger partial charge is 0.253 e. The molecule has 1 saturated heterocycles. The fraction of sp³-hybridized carbons (Fsp3) is 0.500. The molecule has 122 valence electrons. The lowest BCUT2D eigenvalue weighted by molar-refractivity contribution is -0.117. The molecule has 0 radical (unpaired) electrons. The molecule has 0 aliphatic carbocycles. The summed E-state index contributed by atoms with van der Waals surface area (Å²) in [7, 11) is 0. The Morgan fingerprint density at radius 2 is 1.82 bits per heavy atom. The maximum atomic E-state index is 12.2. The summed E-state index contributed by atoms with van der Waals surface area (Å²) in [5.74, 6) is -0.122. The molecule has 22 heavy (non-hydrogen) atoms. The maximum Gasteiger partial charge on any atom is 0.253 e. The summed E-state index contributed by atoms with van der Waals surface area (Å²) in [4.78, 5) is 25.9. The molecule has 5 nitrogen and oxygen atoms in total. The Bertz CT molecular complexity index is 499. The first-order chi connectivity index (χ1) is 10.1. The van der Waals surface area contributed by atoms with Crippen molar-refractivity contribution < 1.29 is 9.59 Å². The normalized spacial score (nSPS) is 15.1. The van der Waals surface area contributed by atoms with Crippen LogP contribution in [-0.2, 0) is 4.79 Å². The van der Waals surface area contributed by atoms with Crippen molar-refractivity contribution in [1.82, 2.24) is 4.90 Å². The summed E-state index contributed by atoms with van der Waals surface area (Å²) in [5, 5.41) is 2.77. The molecule has 1 aliphatic heterocycles. The van der Waals surface area contributed by atoms with Gasteiger partial charge in [0.1, 0.15) is 0 Å². The van der Waals surface area contributed by atoms with Crippen molar-refractivity contribution in [3.05, 3.63) is 29.8 Å². The van der Waals surface area contributed by atoms with Crippen LogP contribution in [0, 0.1) is 0 Å². The van der Waals surface area contributed by atoms with Gasteiger partial charge in [0.05, 0.1) is 6.04 Å². The number of benzene rings is 1. The van der Waals surface area contributed by atoms with Crippen LogP contribution >= 0.6 is 12.4 Å². The van der Waals surface area contributed by atoms with Crippen molar-refractivity contribution in [3.8, 4) is 0 Å². The zero-order valence-corrected chi connectivity index (χ0v) is 13.7. The predicted octanol–water partition coefficient (Wildman–Crippen LogP) is 2.41. The molecular weight excluding hydrogens is 302 g/mol. The summed E-state index contributed by atoms with van der Waals surface area (Å²) in [6, 6.07) is 6.52. The third kappa shape index (κ3) is 4.71. The summed E-state index contributed by atoms with van der Waals surface area (Å²) in [6.07, 6.45) is 3.69. The van der Waals surface area contributed by atoms with Crippen molar-refractivity contribution in [1.29, 1.82) is 0 Å². The van der Waals surface area contributed by atoms with E-state index in [1.54, 1.807) is 24.3 Å². The number of nitrogens with one attached hydrogen (secondary N) is 1. The SMILES string of the molecule is CCCC(N)C(=O)Nc1ccc(C(=O)N2CCCC2)cc1.Cl. The number of hydrogen-bond donors (Lipinski definition) is 2. The van der Waals surface area contributed by atoms with Gasteiger partial charge in [-0.25, -0.2) is 0 Å². The van der Waals surface area contributed by atoms with Crippen LogP contribution in [-0.4, -0.2) is 35.8 Å². The molecule has 2 rings (SSSR count). The Labute approximate surface area is 137 Å². The molecule has 0 saturated carbocycles. The highest BCUT2D eigenvalue weighted by molar-refractivity contribution is 5.97. The van der Waals surface area contributed by atoms with Crippen LogP contribution in [0.15, 0.2) is 24.3 Å². The van der Waals surface area contributed by atoms with Gasteiger partial charge in [-0.15, -0.1) is 12.4 Å². The van der Waals surface area contributed by atoms with E-state index in [-0.39, 0.29) is 24.2 Å². The average Bonchev–Trinajstić information content (AvgIpc) is 3.01. The highest BCUT2D eigenvalue weighted by Crippen LogP contribution is 2.15. The summed E-state index contributed by atoms with van der Waals surface area (Å²) < 4.78 is 0. The first-order valence-corrected chi connectivity index (χ1v) is 7.57. The fourth-order valence-electron chi connectivity index (χ4n) is 2.48. The zero-order valence-electron chi connectivity index (χ0n) is 12.9. The molecule has 1 aliphatic rings. The topological polar surface area (TPSA) is 75.4 Å². The van der Waals surface area contributed by atoms with Crippen molar-refractivity contribution >= 4 is 29.9 Å². The number of rotatable bonds is 5. The van der Waals surface area contributed by atoms with Gasteiger partial charge in [-0.3, -0.25) is 9.59 Å². The first-order valence-electron chi connectivity index (χ1n) is 7.57. The number of hydrogen-bond acceptors (Lipinski definition) is 3. The number of anilines is 1. The van der Waals surface area contributed by atoms with Crippen LogP contribution in [0.2, 0.25) is 0 Å². The van der Waals surface area contributed by atoms with Crippen LogP contribution in [0.5, 0.6) is 0 Å². The zero-order chi connectivity index (χ0) is 15.2. The highest BCUT2D eigenvalue weighted by Gasteiger charge is 2.19. The second kappa shape index (κ2) is 8.76. The predicted molar refractivity (Wildman–Crippen MR) is 90.3 cm³/mol. The van der Waals surface area contributed by atoms with Gasteiger partial charge in [0, 0.05) is 24.3 Å². The molecule has 0 spiro atoms. The second-order valence-electron chi connectivity index (χ2n) is 5.46. The van der Waals surface area contributed by atoms with Gasteiger partial charge >= 0.3 is 0 Å². The third-order valence-electron chi connectivity index (χ3n) is 3.73. The Kier molecular flexibility index (Phi) is 7.35. The van der Waals surface area contributed by atoms with E-state index in [1.807, 2.05) is 11.8 Å². The molecule has 1 aromatic carbocycles. The molecule has 0 bridgehead atoms. The van der Waals surface area contributed by atoms with Gasteiger partial charge in [-0.05, 0) is 43.5 Å². The van der Waals surface area contributed by atoms with Gasteiger partial charge in [0.25, 0.3) is 5.91 Å². The summed E-state index contributed by atoms with van der Waals surface area (Å²) in [5.41, 5.74) is 7.09. The second-order valence-corrected chi connectivity index (χ2v) is 5.46. The van der Waals surface area contributed by atoms with E-state index in [2.05, 4.69) is 5.32 Å². The quantitative estimate of drug-likeness (QED) is 0.873. The first kappa shape index (κ1) is 18.5. The largest absolute Gasteiger partial charge is 0.339 e. The minimum Gasteiger partial charge on any atom is -0.339 e. The minimum atomic E-state index is -0.485. The molecule has 6 heteroatoms. The molecule has 2 amide bonds. The number of amides is 2.